The number of Topliss-reactive ketones (excluding diaryl/α,β-unsaturated/α-hetero) is 1. The zero-order valence-electron chi connectivity index (χ0n) is 16.3. The Kier molecular flexibility index (Phi) is 5.51. The van der Waals surface area contributed by atoms with Crippen LogP contribution in [0.25, 0.3) is 16.6 Å². The van der Waals surface area contributed by atoms with Crippen molar-refractivity contribution in [2.75, 3.05) is 6.54 Å². The van der Waals surface area contributed by atoms with Crippen LogP contribution in [0.2, 0.25) is 0 Å². The van der Waals surface area contributed by atoms with Crippen molar-refractivity contribution in [1.29, 1.82) is 0 Å². The fourth-order valence-corrected chi connectivity index (χ4v) is 4.03. The molecule has 7 heteroatoms. The first-order valence-corrected chi connectivity index (χ1v) is 10.3. The zero-order valence-corrected chi connectivity index (χ0v) is 17.1. The van der Waals surface area contributed by atoms with Gasteiger partial charge in [0.2, 0.25) is 0 Å². The number of ketones is 1. The van der Waals surface area contributed by atoms with Gasteiger partial charge in [-0.15, -0.1) is 0 Å². The van der Waals surface area contributed by atoms with Crippen LogP contribution in [0, 0.1) is 5.92 Å². The second-order valence-electron chi connectivity index (χ2n) is 7.32. The number of carbonyl (C=O) groups excluding carboxylic acids is 1. The molecule has 0 saturated heterocycles. The minimum atomic E-state index is -0.188. The van der Waals surface area contributed by atoms with Gasteiger partial charge in [-0.3, -0.25) is 23.3 Å². The highest BCUT2D eigenvalue weighted by atomic mass is 32.2. The Morgan fingerprint density at radius 2 is 1.90 bits per heavy atom. The predicted molar refractivity (Wildman–Crippen MR) is 116 cm³/mol. The lowest BCUT2D eigenvalue weighted by molar-refractivity contribution is 0.0972. The molecule has 0 radical (unpaired) electrons. The van der Waals surface area contributed by atoms with Crippen LogP contribution in [0.3, 0.4) is 0 Å². The molecule has 0 aliphatic rings. The van der Waals surface area contributed by atoms with E-state index >= 15 is 0 Å². The van der Waals surface area contributed by atoms with Crippen LogP contribution in [-0.2, 0) is 6.54 Å². The first-order valence-electron chi connectivity index (χ1n) is 9.51. The number of carbonyl (C=O) groups is 1. The van der Waals surface area contributed by atoms with Crippen molar-refractivity contribution in [3.8, 4) is 0 Å². The molecule has 0 atom stereocenters. The fourth-order valence-electron chi connectivity index (χ4n) is 3.18. The molecule has 2 aromatic heterocycles. The number of para-hydroxylation sites is 1. The summed E-state index contributed by atoms with van der Waals surface area (Å²) in [5.41, 5.74) is 1.78. The molecule has 0 aliphatic carbocycles. The molecule has 4 rings (SSSR count). The largest absolute Gasteiger partial charge is 0.292 e. The third-order valence-electron chi connectivity index (χ3n) is 4.69. The van der Waals surface area contributed by atoms with E-state index in [4.69, 9.17) is 0 Å². The number of imidazole rings is 1. The van der Waals surface area contributed by atoms with Crippen molar-refractivity contribution in [2.24, 2.45) is 5.92 Å². The lowest BCUT2D eigenvalue weighted by Crippen LogP contribution is -2.26. The summed E-state index contributed by atoms with van der Waals surface area (Å²) in [5.74, 6) is 0.459. The minimum Gasteiger partial charge on any atom is -0.292 e. The second-order valence-corrected chi connectivity index (χ2v) is 8.29. The summed E-state index contributed by atoms with van der Waals surface area (Å²) in [6, 6.07) is 14.8. The van der Waals surface area contributed by atoms with Crippen LogP contribution in [-0.4, -0.2) is 26.3 Å². The standard InChI is InChI=1S/C22H22N4O2S/c1-15(2)11-24-29-17-9-7-16(8-10-17)20(27)13-25-21-12-23-14-26(21)19-6-4-3-5-18(19)22(25)28/h3-10,12,14-15,24H,11,13H2,1-2H3. The Hall–Kier alpha value is -2.90. The summed E-state index contributed by atoms with van der Waals surface area (Å²) in [6.07, 6.45) is 3.27. The van der Waals surface area contributed by atoms with E-state index in [2.05, 4.69) is 23.6 Å². The second kappa shape index (κ2) is 8.23. The van der Waals surface area contributed by atoms with Gasteiger partial charge >= 0.3 is 0 Å². The molecule has 0 saturated carbocycles. The van der Waals surface area contributed by atoms with Crippen LogP contribution >= 0.6 is 11.9 Å². The zero-order chi connectivity index (χ0) is 20.4. The number of hydrogen-bond donors (Lipinski definition) is 1. The number of hydrogen-bond acceptors (Lipinski definition) is 5. The molecule has 2 aromatic carbocycles. The molecular weight excluding hydrogens is 384 g/mol. The Balaban J connectivity index is 1.60. The fraction of sp³-hybridized carbons (Fsp3) is 0.227. The van der Waals surface area contributed by atoms with Gasteiger partial charge in [-0.1, -0.05) is 38.1 Å². The Morgan fingerprint density at radius 3 is 2.66 bits per heavy atom. The highest BCUT2D eigenvalue weighted by Gasteiger charge is 2.14. The first-order chi connectivity index (χ1) is 14.0. The summed E-state index contributed by atoms with van der Waals surface area (Å²) in [4.78, 5) is 31.1. The summed E-state index contributed by atoms with van der Waals surface area (Å²) < 4.78 is 6.64. The summed E-state index contributed by atoms with van der Waals surface area (Å²) in [5, 5.41) is 0.564. The van der Waals surface area contributed by atoms with E-state index in [9.17, 15) is 9.59 Å². The highest BCUT2D eigenvalue weighted by molar-refractivity contribution is 7.97. The lowest BCUT2D eigenvalue weighted by atomic mass is 10.1. The normalized spacial score (nSPS) is 11.6. The van der Waals surface area contributed by atoms with Crippen LogP contribution < -0.4 is 10.3 Å². The van der Waals surface area contributed by atoms with E-state index in [0.717, 1.165) is 17.0 Å². The molecule has 0 amide bonds. The smallest absolute Gasteiger partial charge is 0.262 e. The van der Waals surface area contributed by atoms with Gasteiger partial charge in [-0.05, 0) is 42.1 Å². The maximum atomic E-state index is 13.0. The van der Waals surface area contributed by atoms with Crippen LogP contribution in [0.1, 0.15) is 24.2 Å². The molecule has 1 N–H and O–H groups in total. The first kappa shape index (κ1) is 19.4. The van der Waals surface area contributed by atoms with Gasteiger partial charge < -0.3 is 0 Å². The maximum absolute atomic E-state index is 13.0. The molecule has 2 heterocycles. The average molecular weight is 407 g/mol. The molecule has 6 nitrogen and oxygen atoms in total. The van der Waals surface area contributed by atoms with Gasteiger partial charge in [0.05, 0.1) is 23.6 Å². The van der Waals surface area contributed by atoms with Crippen LogP contribution in [0.4, 0.5) is 0 Å². The third-order valence-corrected chi connectivity index (χ3v) is 5.51. The third kappa shape index (κ3) is 3.97. The van der Waals surface area contributed by atoms with Crippen molar-refractivity contribution >= 4 is 34.3 Å². The predicted octanol–water partition coefficient (Wildman–Crippen LogP) is 3.78. The summed E-state index contributed by atoms with van der Waals surface area (Å²) >= 11 is 1.55. The van der Waals surface area contributed by atoms with E-state index in [-0.39, 0.29) is 17.9 Å². The van der Waals surface area contributed by atoms with Gasteiger partial charge in [0.25, 0.3) is 5.56 Å². The Bertz CT molecular complexity index is 1230. The van der Waals surface area contributed by atoms with E-state index in [1.165, 1.54) is 4.57 Å². The molecule has 29 heavy (non-hydrogen) atoms. The number of rotatable bonds is 7. The number of benzene rings is 2. The molecule has 0 spiro atoms. The molecule has 0 unspecified atom stereocenters. The summed E-state index contributed by atoms with van der Waals surface area (Å²) in [6.45, 7) is 5.19. The van der Waals surface area contributed by atoms with Crippen LogP contribution in [0.5, 0.6) is 0 Å². The monoisotopic (exact) mass is 406 g/mol. The molecular formula is C22H22N4O2S. The molecule has 4 aromatic rings. The van der Waals surface area contributed by atoms with E-state index in [1.54, 1.807) is 42.7 Å². The Morgan fingerprint density at radius 1 is 1.14 bits per heavy atom. The topological polar surface area (TPSA) is 68.4 Å². The molecule has 0 aliphatic heterocycles. The van der Waals surface area contributed by atoms with Gasteiger partial charge in [-0.25, -0.2) is 4.98 Å². The van der Waals surface area contributed by atoms with Crippen molar-refractivity contribution in [3.63, 3.8) is 0 Å². The Labute approximate surface area is 172 Å². The SMILES string of the molecule is CC(C)CNSc1ccc(C(=O)Cn2c(=O)c3ccccc3n3cncc23)cc1. The van der Waals surface area contributed by atoms with Gasteiger partial charge in [-0.2, -0.15) is 0 Å². The van der Waals surface area contributed by atoms with E-state index in [1.807, 2.05) is 34.7 Å². The van der Waals surface area contributed by atoms with Crippen molar-refractivity contribution in [3.05, 3.63) is 77.0 Å². The number of nitrogens with zero attached hydrogens (tertiary/aromatic N) is 3. The molecule has 0 bridgehead atoms. The van der Waals surface area contributed by atoms with Gasteiger partial charge in [0.1, 0.15) is 12.0 Å². The highest BCUT2D eigenvalue weighted by Crippen LogP contribution is 2.17. The average Bonchev–Trinajstić information content (AvgIpc) is 3.21. The van der Waals surface area contributed by atoms with Gasteiger partial charge in [0, 0.05) is 17.0 Å². The van der Waals surface area contributed by atoms with Crippen LogP contribution in [0.15, 0.2) is 70.7 Å². The van der Waals surface area contributed by atoms with Crippen molar-refractivity contribution < 1.29 is 4.79 Å². The van der Waals surface area contributed by atoms with Gasteiger partial charge in [0.15, 0.2) is 5.78 Å². The van der Waals surface area contributed by atoms with Crippen molar-refractivity contribution in [1.82, 2.24) is 18.7 Å². The minimum absolute atomic E-state index is 0.0308. The van der Waals surface area contributed by atoms with Crippen molar-refractivity contribution in [2.45, 2.75) is 25.3 Å². The van der Waals surface area contributed by atoms with E-state index < -0.39 is 0 Å². The number of nitrogens with one attached hydrogen (secondary N) is 1. The number of fused-ring (bicyclic) bond motifs is 3. The summed E-state index contributed by atoms with van der Waals surface area (Å²) in [7, 11) is 0. The van der Waals surface area contributed by atoms with E-state index in [0.29, 0.717) is 22.5 Å². The molecule has 148 valence electrons. The lowest BCUT2D eigenvalue weighted by Gasteiger charge is -2.11. The maximum Gasteiger partial charge on any atom is 0.262 e. The quantitative estimate of drug-likeness (QED) is 0.374. The molecule has 0 fully saturated rings. The number of aromatic nitrogens is 3.